The molecule has 5 heteroatoms. The van der Waals surface area contributed by atoms with E-state index in [1.807, 2.05) is 0 Å². The molecule has 70 valence electrons. The van der Waals surface area contributed by atoms with Gasteiger partial charge in [0.15, 0.2) is 0 Å². The first-order valence-electron chi connectivity index (χ1n) is 3.96. The Morgan fingerprint density at radius 2 is 2.29 bits per heavy atom. The van der Waals surface area contributed by atoms with Crippen molar-refractivity contribution in [3.05, 3.63) is 36.4 Å². The van der Waals surface area contributed by atoms with E-state index in [0.717, 1.165) is 0 Å². The molecule has 0 aliphatic carbocycles. The maximum atomic E-state index is 10.8. The highest BCUT2D eigenvalue weighted by Crippen LogP contribution is 2.18. The first-order chi connectivity index (χ1) is 6.79. The number of aromatic amines is 1. The van der Waals surface area contributed by atoms with E-state index in [1.165, 1.54) is 18.5 Å². The SMILES string of the molecule is O=C(O)c1ccncc1-c1ncc[nH]1. The van der Waals surface area contributed by atoms with Crippen LogP contribution in [0.15, 0.2) is 30.9 Å². The Morgan fingerprint density at radius 1 is 1.43 bits per heavy atom. The summed E-state index contributed by atoms with van der Waals surface area (Å²) in [7, 11) is 0. The third kappa shape index (κ3) is 1.35. The Kier molecular flexibility index (Phi) is 1.98. The zero-order valence-electron chi connectivity index (χ0n) is 7.14. The minimum absolute atomic E-state index is 0.190. The molecule has 5 nitrogen and oxygen atoms in total. The summed E-state index contributed by atoms with van der Waals surface area (Å²) in [5, 5.41) is 8.90. The van der Waals surface area contributed by atoms with Crippen LogP contribution in [-0.2, 0) is 0 Å². The number of nitrogens with one attached hydrogen (secondary N) is 1. The third-order valence-corrected chi connectivity index (χ3v) is 1.80. The van der Waals surface area contributed by atoms with E-state index >= 15 is 0 Å². The van der Waals surface area contributed by atoms with Gasteiger partial charge < -0.3 is 10.1 Å². The van der Waals surface area contributed by atoms with Crippen LogP contribution in [0, 0.1) is 0 Å². The first kappa shape index (κ1) is 8.43. The van der Waals surface area contributed by atoms with Gasteiger partial charge in [-0.15, -0.1) is 0 Å². The number of H-pyrrole nitrogens is 1. The lowest BCUT2D eigenvalue weighted by molar-refractivity contribution is 0.0697. The quantitative estimate of drug-likeness (QED) is 0.743. The van der Waals surface area contributed by atoms with Gasteiger partial charge in [-0.3, -0.25) is 4.98 Å². The minimum atomic E-state index is -0.987. The number of carbonyl (C=O) groups is 1. The average Bonchev–Trinajstić information content (AvgIpc) is 2.70. The van der Waals surface area contributed by atoms with Crippen LogP contribution in [0.5, 0.6) is 0 Å². The van der Waals surface area contributed by atoms with Crippen molar-refractivity contribution in [2.45, 2.75) is 0 Å². The highest BCUT2D eigenvalue weighted by atomic mass is 16.4. The molecule has 0 fully saturated rings. The highest BCUT2D eigenvalue weighted by molar-refractivity contribution is 5.94. The van der Waals surface area contributed by atoms with E-state index in [1.54, 1.807) is 12.4 Å². The number of imidazole rings is 1. The largest absolute Gasteiger partial charge is 0.478 e. The molecule has 0 atom stereocenters. The zero-order chi connectivity index (χ0) is 9.97. The van der Waals surface area contributed by atoms with Crippen LogP contribution in [0.3, 0.4) is 0 Å². The molecule has 0 radical (unpaired) electrons. The Balaban J connectivity index is 2.58. The van der Waals surface area contributed by atoms with Gasteiger partial charge in [0, 0.05) is 24.8 Å². The molecule has 2 aromatic heterocycles. The van der Waals surface area contributed by atoms with Gasteiger partial charge in [0.25, 0.3) is 0 Å². The molecule has 2 aromatic rings. The Morgan fingerprint density at radius 3 is 2.93 bits per heavy atom. The van der Waals surface area contributed by atoms with Crippen molar-refractivity contribution in [2.75, 3.05) is 0 Å². The summed E-state index contributed by atoms with van der Waals surface area (Å²) in [6, 6.07) is 1.44. The summed E-state index contributed by atoms with van der Waals surface area (Å²) in [5.41, 5.74) is 0.681. The summed E-state index contributed by atoms with van der Waals surface area (Å²) in [5.74, 6) is -0.477. The fraction of sp³-hybridized carbons (Fsp3) is 0. The molecule has 0 saturated heterocycles. The standard InChI is InChI=1S/C9H7N3O2/c13-9(14)6-1-2-10-5-7(6)8-11-3-4-12-8/h1-5H,(H,11,12)(H,13,14). The summed E-state index contributed by atoms with van der Waals surface area (Å²) in [4.78, 5) is 21.5. The summed E-state index contributed by atoms with van der Waals surface area (Å²) in [6.07, 6.45) is 6.11. The smallest absolute Gasteiger partial charge is 0.336 e. The van der Waals surface area contributed by atoms with Crippen LogP contribution in [0.2, 0.25) is 0 Å². The number of nitrogens with zero attached hydrogens (tertiary/aromatic N) is 2. The predicted octanol–water partition coefficient (Wildman–Crippen LogP) is 1.17. The Bertz CT molecular complexity index is 451. The van der Waals surface area contributed by atoms with Crippen LogP contribution in [0.25, 0.3) is 11.4 Å². The van der Waals surface area contributed by atoms with Gasteiger partial charge in [-0.1, -0.05) is 0 Å². The van der Waals surface area contributed by atoms with Crippen molar-refractivity contribution in [2.24, 2.45) is 0 Å². The lowest BCUT2D eigenvalue weighted by Crippen LogP contribution is -2.00. The molecular weight excluding hydrogens is 182 g/mol. The number of aromatic nitrogens is 3. The molecule has 2 heterocycles. The molecule has 0 amide bonds. The second kappa shape index (κ2) is 3.29. The molecule has 2 N–H and O–H groups in total. The van der Waals surface area contributed by atoms with Crippen LogP contribution >= 0.6 is 0 Å². The normalized spacial score (nSPS) is 10.0. The lowest BCUT2D eigenvalue weighted by Gasteiger charge is -2.00. The van der Waals surface area contributed by atoms with E-state index in [9.17, 15) is 4.79 Å². The maximum absolute atomic E-state index is 10.8. The Labute approximate surface area is 79.5 Å². The van der Waals surface area contributed by atoms with Gasteiger partial charge in [0.05, 0.1) is 11.1 Å². The predicted molar refractivity (Wildman–Crippen MR) is 48.8 cm³/mol. The first-order valence-corrected chi connectivity index (χ1v) is 3.96. The number of carboxylic acid groups (broad SMARTS) is 1. The van der Waals surface area contributed by atoms with E-state index in [0.29, 0.717) is 11.4 Å². The molecular formula is C9H7N3O2. The van der Waals surface area contributed by atoms with Crippen LogP contribution in [-0.4, -0.2) is 26.0 Å². The molecule has 0 aliphatic rings. The van der Waals surface area contributed by atoms with E-state index in [4.69, 9.17) is 5.11 Å². The van der Waals surface area contributed by atoms with Crippen molar-refractivity contribution in [3.8, 4) is 11.4 Å². The second-order valence-electron chi connectivity index (χ2n) is 2.66. The van der Waals surface area contributed by atoms with E-state index in [-0.39, 0.29) is 5.56 Å². The topological polar surface area (TPSA) is 78.9 Å². The zero-order valence-corrected chi connectivity index (χ0v) is 7.14. The second-order valence-corrected chi connectivity index (χ2v) is 2.66. The van der Waals surface area contributed by atoms with Crippen LogP contribution in [0.4, 0.5) is 0 Å². The molecule has 14 heavy (non-hydrogen) atoms. The van der Waals surface area contributed by atoms with Crippen molar-refractivity contribution >= 4 is 5.97 Å². The fourth-order valence-corrected chi connectivity index (χ4v) is 1.18. The lowest BCUT2D eigenvalue weighted by atomic mass is 10.1. The number of pyridine rings is 1. The van der Waals surface area contributed by atoms with Gasteiger partial charge in [0.1, 0.15) is 5.82 Å². The molecule has 0 spiro atoms. The van der Waals surface area contributed by atoms with Crippen molar-refractivity contribution in [1.29, 1.82) is 0 Å². The summed E-state index contributed by atoms with van der Waals surface area (Å²) < 4.78 is 0. The monoisotopic (exact) mass is 189 g/mol. The Hall–Kier alpha value is -2.17. The van der Waals surface area contributed by atoms with E-state index in [2.05, 4.69) is 15.0 Å². The van der Waals surface area contributed by atoms with Gasteiger partial charge in [-0.05, 0) is 6.07 Å². The van der Waals surface area contributed by atoms with Gasteiger partial charge in [-0.2, -0.15) is 0 Å². The van der Waals surface area contributed by atoms with Crippen molar-refractivity contribution < 1.29 is 9.90 Å². The molecule has 0 aromatic carbocycles. The molecule has 0 bridgehead atoms. The summed E-state index contributed by atoms with van der Waals surface area (Å²) >= 11 is 0. The average molecular weight is 189 g/mol. The number of aromatic carboxylic acids is 1. The number of hydrogen-bond acceptors (Lipinski definition) is 3. The summed E-state index contributed by atoms with van der Waals surface area (Å²) in [6.45, 7) is 0. The number of hydrogen-bond donors (Lipinski definition) is 2. The molecule has 0 aliphatic heterocycles. The van der Waals surface area contributed by atoms with Crippen molar-refractivity contribution in [3.63, 3.8) is 0 Å². The van der Waals surface area contributed by atoms with E-state index < -0.39 is 5.97 Å². The minimum Gasteiger partial charge on any atom is -0.478 e. The van der Waals surface area contributed by atoms with Gasteiger partial charge in [-0.25, -0.2) is 9.78 Å². The van der Waals surface area contributed by atoms with Crippen molar-refractivity contribution in [1.82, 2.24) is 15.0 Å². The molecule has 2 rings (SSSR count). The molecule has 0 saturated carbocycles. The highest BCUT2D eigenvalue weighted by Gasteiger charge is 2.12. The number of carboxylic acids is 1. The maximum Gasteiger partial charge on any atom is 0.336 e. The molecule has 0 unspecified atom stereocenters. The van der Waals surface area contributed by atoms with Crippen LogP contribution in [0.1, 0.15) is 10.4 Å². The van der Waals surface area contributed by atoms with Crippen LogP contribution < -0.4 is 0 Å². The fourth-order valence-electron chi connectivity index (χ4n) is 1.18. The third-order valence-electron chi connectivity index (χ3n) is 1.80. The van der Waals surface area contributed by atoms with Gasteiger partial charge >= 0.3 is 5.97 Å². The van der Waals surface area contributed by atoms with Gasteiger partial charge in [0.2, 0.25) is 0 Å². The number of rotatable bonds is 2.